The van der Waals surface area contributed by atoms with E-state index in [1.807, 2.05) is 66.7 Å². The van der Waals surface area contributed by atoms with Gasteiger partial charge in [-0.25, -0.2) is 4.99 Å². The van der Waals surface area contributed by atoms with E-state index in [9.17, 15) is 4.79 Å². The summed E-state index contributed by atoms with van der Waals surface area (Å²) in [5.41, 5.74) is 2.38. The van der Waals surface area contributed by atoms with Crippen molar-refractivity contribution >= 4 is 62.1 Å². The minimum Gasteiger partial charge on any atom is -0.497 e. The van der Waals surface area contributed by atoms with Crippen molar-refractivity contribution in [2.24, 2.45) is 4.99 Å². The normalized spacial score (nSPS) is 15.8. The van der Waals surface area contributed by atoms with Crippen molar-refractivity contribution in [3.8, 4) is 11.5 Å². The molecule has 5 nitrogen and oxygen atoms in total. The molecule has 3 aromatic rings. The lowest BCUT2D eigenvalue weighted by molar-refractivity contribution is -0.115. The molecular formula is C24H18BrClN2O3S. The molecular weight excluding hydrogens is 512 g/mol. The Labute approximate surface area is 203 Å². The zero-order chi connectivity index (χ0) is 22.5. The largest absolute Gasteiger partial charge is 0.497 e. The van der Waals surface area contributed by atoms with Gasteiger partial charge in [-0.2, -0.15) is 0 Å². The van der Waals surface area contributed by atoms with Crippen LogP contribution < -0.4 is 14.8 Å². The summed E-state index contributed by atoms with van der Waals surface area (Å²) < 4.78 is 12.1. The summed E-state index contributed by atoms with van der Waals surface area (Å²) in [5.74, 6) is 1.19. The third-order valence-electron chi connectivity index (χ3n) is 4.55. The molecule has 1 saturated heterocycles. The van der Waals surface area contributed by atoms with E-state index >= 15 is 0 Å². The quantitative estimate of drug-likeness (QED) is 0.366. The topological polar surface area (TPSA) is 59.9 Å². The van der Waals surface area contributed by atoms with Crippen molar-refractivity contribution in [1.29, 1.82) is 0 Å². The minimum atomic E-state index is -0.209. The van der Waals surface area contributed by atoms with Crippen LogP contribution in [-0.4, -0.2) is 18.2 Å². The van der Waals surface area contributed by atoms with Crippen LogP contribution in [-0.2, 0) is 11.4 Å². The van der Waals surface area contributed by atoms with Gasteiger partial charge in [-0.1, -0.05) is 45.7 Å². The summed E-state index contributed by atoms with van der Waals surface area (Å²) in [5, 5.41) is 3.97. The van der Waals surface area contributed by atoms with Crippen molar-refractivity contribution in [3.05, 3.63) is 92.3 Å². The molecule has 1 aliphatic rings. The van der Waals surface area contributed by atoms with Crippen molar-refractivity contribution < 1.29 is 14.3 Å². The van der Waals surface area contributed by atoms with E-state index in [1.165, 1.54) is 11.8 Å². The molecule has 0 saturated carbocycles. The molecule has 0 aromatic heterocycles. The van der Waals surface area contributed by atoms with Gasteiger partial charge in [-0.15, -0.1) is 0 Å². The molecule has 0 unspecified atom stereocenters. The van der Waals surface area contributed by atoms with Crippen molar-refractivity contribution in [2.45, 2.75) is 6.61 Å². The van der Waals surface area contributed by atoms with E-state index in [-0.39, 0.29) is 5.91 Å². The number of hydrogen-bond donors (Lipinski definition) is 1. The minimum absolute atomic E-state index is 0.209. The summed E-state index contributed by atoms with van der Waals surface area (Å²) in [4.78, 5) is 17.6. The zero-order valence-corrected chi connectivity index (χ0v) is 20.1. The van der Waals surface area contributed by atoms with Crippen LogP contribution in [0.15, 0.2) is 81.1 Å². The van der Waals surface area contributed by atoms with E-state index in [0.717, 1.165) is 27.0 Å². The first-order valence-electron chi connectivity index (χ1n) is 9.61. The third-order valence-corrected chi connectivity index (χ3v) is 6.33. The van der Waals surface area contributed by atoms with E-state index < -0.39 is 0 Å². The highest BCUT2D eigenvalue weighted by Gasteiger charge is 2.24. The maximum Gasteiger partial charge on any atom is 0.264 e. The second kappa shape index (κ2) is 10.3. The Hall–Kier alpha value is -2.74. The van der Waals surface area contributed by atoms with E-state index in [0.29, 0.717) is 27.5 Å². The Kier molecular flexibility index (Phi) is 7.19. The number of nitrogens with zero attached hydrogens (tertiary/aromatic N) is 1. The van der Waals surface area contributed by atoms with Crippen molar-refractivity contribution in [1.82, 2.24) is 5.32 Å². The van der Waals surface area contributed by atoms with Crippen LogP contribution in [0.25, 0.3) is 6.08 Å². The summed E-state index contributed by atoms with van der Waals surface area (Å²) in [6.45, 7) is 0.320. The average Bonchev–Trinajstić information content (AvgIpc) is 3.13. The predicted octanol–water partition coefficient (Wildman–Crippen LogP) is 6.58. The van der Waals surface area contributed by atoms with Gasteiger partial charge in [0.15, 0.2) is 5.17 Å². The Morgan fingerprint density at radius 2 is 1.91 bits per heavy atom. The molecule has 4 rings (SSSR count). The van der Waals surface area contributed by atoms with Gasteiger partial charge >= 0.3 is 0 Å². The SMILES string of the molecule is COc1ccc(N=C2NC(=O)/C(=C\c3cc(Br)ccc3OCc3ccccc3Cl)S2)cc1. The summed E-state index contributed by atoms with van der Waals surface area (Å²) >= 11 is 11.0. The lowest BCUT2D eigenvalue weighted by Gasteiger charge is -2.11. The molecule has 1 heterocycles. The van der Waals surface area contributed by atoms with Crippen LogP contribution in [0.4, 0.5) is 5.69 Å². The Bertz CT molecular complexity index is 1210. The molecule has 8 heteroatoms. The molecule has 0 spiro atoms. The van der Waals surface area contributed by atoms with Crippen molar-refractivity contribution in [3.63, 3.8) is 0 Å². The van der Waals surface area contributed by atoms with Crippen LogP contribution in [0.5, 0.6) is 11.5 Å². The van der Waals surface area contributed by atoms with Crippen LogP contribution >= 0.6 is 39.3 Å². The van der Waals surface area contributed by atoms with Gasteiger partial charge in [0.05, 0.1) is 17.7 Å². The molecule has 162 valence electrons. The molecule has 0 bridgehead atoms. The van der Waals surface area contributed by atoms with Crippen molar-refractivity contribution in [2.75, 3.05) is 7.11 Å². The van der Waals surface area contributed by atoms with Crippen LogP contribution in [0.2, 0.25) is 5.02 Å². The number of amidine groups is 1. The Morgan fingerprint density at radius 3 is 2.66 bits per heavy atom. The molecule has 1 amide bonds. The first kappa shape index (κ1) is 22.5. The lowest BCUT2D eigenvalue weighted by Crippen LogP contribution is -2.19. The second-order valence-electron chi connectivity index (χ2n) is 6.74. The zero-order valence-electron chi connectivity index (χ0n) is 17.0. The number of hydrogen-bond acceptors (Lipinski definition) is 5. The fraction of sp³-hybridized carbons (Fsp3) is 0.0833. The fourth-order valence-corrected chi connectivity index (χ4v) is 4.33. The molecule has 1 aliphatic heterocycles. The first-order valence-corrected chi connectivity index (χ1v) is 11.6. The number of thioether (sulfide) groups is 1. The number of methoxy groups -OCH3 is 1. The second-order valence-corrected chi connectivity index (χ2v) is 9.10. The molecule has 1 N–H and O–H groups in total. The first-order chi connectivity index (χ1) is 15.5. The molecule has 1 fully saturated rings. The van der Waals surface area contributed by atoms with E-state index in [2.05, 4.69) is 26.2 Å². The van der Waals surface area contributed by atoms with E-state index in [1.54, 1.807) is 13.2 Å². The highest BCUT2D eigenvalue weighted by Crippen LogP contribution is 2.33. The van der Waals surface area contributed by atoms with Gasteiger partial charge in [0.1, 0.15) is 18.1 Å². The number of benzene rings is 3. The maximum absolute atomic E-state index is 12.5. The van der Waals surface area contributed by atoms with Gasteiger partial charge in [0.25, 0.3) is 5.91 Å². The maximum atomic E-state index is 12.5. The van der Waals surface area contributed by atoms with E-state index in [4.69, 9.17) is 21.1 Å². The van der Waals surface area contributed by atoms with Gasteiger partial charge < -0.3 is 14.8 Å². The predicted molar refractivity (Wildman–Crippen MR) is 134 cm³/mol. The number of halogens is 2. The summed E-state index contributed by atoms with van der Waals surface area (Å²) in [6.07, 6.45) is 1.79. The number of nitrogens with one attached hydrogen (secondary N) is 1. The Balaban J connectivity index is 1.55. The smallest absolute Gasteiger partial charge is 0.264 e. The number of carbonyl (C=O) groups excluding carboxylic acids is 1. The summed E-state index contributed by atoms with van der Waals surface area (Å²) in [7, 11) is 1.61. The molecule has 0 radical (unpaired) electrons. The average molecular weight is 530 g/mol. The van der Waals surface area contributed by atoms with Crippen LogP contribution in [0, 0.1) is 0 Å². The highest BCUT2D eigenvalue weighted by molar-refractivity contribution is 9.10. The van der Waals surface area contributed by atoms with Crippen LogP contribution in [0.1, 0.15) is 11.1 Å². The number of aliphatic imine (C=N–C) groups is 1. The standard InChI is InChI=1S/C24H18BrClN2O3S/c1-30-19-9-7-18(8-10-19)27-24-28-23(29)22(32-24)13-16-12-17(25)6-11-21(16)31-14-15-4-2-3-5-20(15)26/h2-13H,14H2,1H3,(H,27,28,29)/b22-13+. The van der Waals surface area contributed by atoms with Gasteiger partial charge in [0, 0.05) is 20.6 Å². The fourth-order valence-electron chi connectivity index (χ4n) is 2.93. The molecule has 0 atom stereocenters. The lowest BCUT2D eigenvalue weighted by atomic mass is 10.2. The highest BCUT2D eigenvalue weighted by atomic mass is 79.9. The molecule has 0 aliphatic carbocycles. The van der Waals surface area contributed by atoms with Gasteiger partial charge in [-0.05, 0) is 66.4 Å². The van der Waals surface area contributed by atoms with Crippen LogP contribution in [0.3, 0.4) is 0 Å². The number of rotatable bonds is 6. The number of amides is 1. The number of carbonyl (C=O) groups is 1. The van der Waals surface area contributed by atoms with Gasteiger partial charge in [0.2, 0.25) is 0 Å². The monoisotopic (exact) mass is 528 g/mol. The molecule has 3 aromatic carbocycles. The Morgan fingerprint density at radius 1 is 1.12 bits per heavy atom. The third kappa shape index (κ3) is 5.54. The molecule has 32 heavy (non-hydrogen) atoms. The summed E-state index contributed by atoms with van der Waals surface area (Å²) in [6, 6.07) is 20.5. The van der Waals surface area contributed by atoms with Gasteiger partial charge in [-0.3, -0.25) is 4.79 Å². The number of ether oxygens (including phenoxy) is 2.